The Balaban J connectivity index is 1.52. The van der Waals surface area contributed by atoms with Gasteiger partial charge in [0, 0.05) is 30.2 Å². The van der Waals surface area contributed by atoms with Crippen molar-refractivity contribution in [2.45, 2.75) is 18.8 Å². The van der Waals surface area contributed by atoms with E-state index in [0.29, 0.717) is 36.3 Å². The molecule has 1 unspecified atom stereocenters. The van der Waals surface area contributed by atoms with E-state index >= 15 is 0 Å². The number of pyridine rings is 1. The molecule has 4 rings (SSSR count). The van der Waals surface area contributed by atoms with Crippen LogP contribution in [0, 0.1) is 0 Å². The van der Waals surface area contributed by atoms with Crippen LogP contribution in [-0.2, 0) is 0 Å². The summed E-state index contributed by atoms with van der Waals surface area (Å²) in [5.74, 6) is 1.41. The summed E-state index contributed by atoms with van der Waals surface area (Å²) >= 11 is 1.59. The first-order valence-electron chi connectivity index (χ1n) is 8.40. The van der Waals surface area contributed by atoms with Gasteiger partial charge in [-0.2, -0.15) is 11.3 Å². The van der Waals surface area contributed by atoms with E-state index in [1.54, 1.807) is 29.7 Å². The molecule has 26 heavy (non-hydrogen) atoms. The Kier molecular flexibility index (Phi) is 4.66. The lowest BCUT2D eigenvalue weighted by atomic mass is 9.97. The molecule has 1 aliphatic rings. The van der Waals surface area contributed by atoms with E-state index in [4.69, 9.17) is 9.15 Å². The number of aromatic nitrogens is 3. The molecule has 3 aromatic heterocycles. The zero-order chi connectivity index (χ0) is 17.9. The molecular formula is C18H18N4O3S. The molecule has 0 N–H and O–H groups in total. The normalized spacial score (nSPS) is 17.3. The topological polar surface area (TPSA) is 81.4 Å². The van der Waals surface area contributed by atoms with Gasteiger partial charge in [0.25, 0.3) is 5.91 Å². The molecular weight excluding hydrogens is 352 g/mol. The van der Waals surface area contributed by atoms with Crippen molar-refractivity contribution in [3.8, 4) is 17.3 Å². The highest BCUT2D eigenvalue weighted by atomic mass is 32.1. The second kappa shape index (κ2) is 7.25. The van der Waals surface area contributed by atoms with Crippen molar-refractivity contribution < 1.29 is 13.9 Å². The molecule has 1 aliphatic heterocycles. The number of methoxy groups -OCH3 is 1. The number of piperidine rings is 1. The van der Waals surface area contributed by atoms with Crippen LogP contribution in [0.1, 0.15) is 35.0 Å². The van der Waals surface area contributed by atoms with Gasteiger partial charge in [0.05, 0.1) is 13.0 Å². The monoisotopic (exact) mass is 370 g/mol. The molecule has 0 bridgehead atoms. The Bertz CT molecular complexity index is 893. The lowest BCUT2D eigenvalue weighted by molar-refractivity contribution is 0.0694. The van der Waals surface area contributed by atoms with Crippen molar-refractivity contribution in [1.29, 1.82) is 0 Å². The van der Waals surface area contributed by atoms with Gasteiger partial charge in [0.15, 0.2) is 0 Å². The molecule has 8 heteroatoms. The lowest BCUT2D eigenvalue weighted by Gasteiger charge is -2.31. The van der Waals surface area contributed by atoms with E-state index < -0.39 is 0 Å². The third kappa shape index (κ3) is 3.20. The number of likely N-dealkylation sites (tertiary alicyclic amines) is 1. The van der Waals surface area contributed by atoms with Crippen molar-refractivity contribution in [2.24, 2.45) is 0 Å². The number of rotatable bonds is 4. The molecule has 3 aromatic rings. The van der Waals surface area contributed by atoms with Gasteiger partial charge < -0.3 is 14.1 Å². The van der Waals surface area contributed by atoms with Gasteiger partial charge in [0.1, 0.15) is 5.56 Å². The van der Waals surface area contributed by atoms with Crippen molar-refractivity contribution in [1.82, 2.24) is 20.1 Å². The van der Waals surface area contributed by atoms with Gasteiger partial charge >= 0.3 is 0 Å². The van der Waals surface area contributed by atoms with Crippen molar-refractivity contribution >= 4 is 17.2 Å². The molecule has 1 amide bonds. The number of thiophene rings is 1. The van der Waals surface area contributed by atoms with E-state index in [9.17, 15) is 4.79 Å². The number of carbonyl (C=O) groups excluding carboxylic acids is 1. The Hall–Kier alpha value is -2.74. The maximum atomic E-state index is 12.9. The Morgan fingerprint density at radius 3 is 3.12 bits per heavy atom. The fourth-order valence-corrected chi connectivity index (χ4v) is 3.78. The van der Waals surface area contributed by atoms with Gasteiger partial charge in [-0.1, -0.05) is 0 Å². The number of nitrogens with zero attached hydrogens (tertiary/aromatic N) is 4. The fraction of sp³-hybridized carbons (Fsp3) is 0.333. The molecule has 0 aliphatic carbocycles. The number of ether oxygens (including phenoxy) is 1. The fourth-order valence-electron chi connectivity index (χ4n) is 3.15. The highest BCUT2D eigenvalue weighted by Gasteiger charge is 2.30. The summed E-state index contributed by atoms with van der Waals surface area (Å²) in [6.07, 6.45) is 3.41. The van der Waals surface area contributed by atoms with Crippen LogP contribution in [0.2, 0.25) is 0 Å². The van der Waals surface area contributed by atoms with Gasteiger partial charge in [-0.25, -0.2) is 4.98 Å². The number of hydrogen-bond acceptors (Lipinski definition) is 7. The highest BCUT2D eigenvalue weighted by Crippen LogP contribution is 2.30. The van der Waals surface area contributed by atoms with Gasteiger partial charge in [-0.15, -0.1) is 10.2 Å². The Labute approximate surface area is 154 Å². The van der Waals surface area contributed by atoms with Crippen molar-refractivity contribution in [3.05, 3.63) is 46.6 Å². The minimum atomic E-state index is -0.0859. The third-order valence-electron chi connectivity index (χ3n) is 4.46. The van der Waals surface area contributed by atoms with E-state index in [1.165, 1.54) is 7.11 Å². The zero-order valence-electron chi connectivity index (χ0n) is 14.3. The van der Waals surface area contributed by atoms with Crippen LogP contribution in [-0.4, -0.2) is 46.2 Å². The van der Waals surface area contributed by atoms with Gasteiger partial charge in [0.2, 0.25) is 17.7 Å². The SMILES string of the molecule is COc1ncccc1C(=O)N1CCCC(c2nnc(-c3ccsc3)o2)C1. The van der Waals surface area contributed by atoms with Crippen LogP contribution in [0.4, 0.5) is 0 Å². The maximum Gasteiger partial charge on any atom is 0.259 e. The molecule has 0 radical (unpaired) electrons. The van der Waals surface area contributed by atoms with Crippen LogP contribution in [0.15, 0.2) is 39.6 Å². The summed E-state index contributed by atoms with van der Waals surface area (Å²) in [5.41, 5.74) is 1.40. The standard InChI is InChI=1S/C18H18N4O3S/c1-24-17-14(5-2-7-19-17)18(23)22-8-3-4-12(10-22)15-20-21-16(25-15)13-6-9-26-11-13/h2,5-7,9,11-12H,3-4,8,10H2,1H3. The third-order valence-corrected chi connectivity index (χ3v) is 5.14. The predicted molar refractivity (Wildman–Crippen MR) is 96.3 cm³/mol. The summed E-state index contributed by atoms with van der Waals surface area (Å²) in [5, 5.41) is 12.3. The molecule has 4 heterocycles. The second-order valence-corrected chi connectivity index (χ2v) is 6.89. The molecule has 1 fully saturated rings. The van der Waals surface area contributed by atoms with E-state index in [1.807, 2.05) is 21.7 Å². The van der Waals surface area contributed by atoms with Crippen LogP contribution in [0.5, 0.6) is 5.88 Å². The summed E-state index contributed by atoms with van der Waals surface area (Å²) in [7, 11) is 1.52. The summed E-state index contributed by atoms with van der Waals surface area (Å²) < 4.78 is 11.1. The van der Waals surface area contributed by atoms with Gasteiger partial charge in [-0.3, -0.25) is 4.79 Å². The maximum absolute atomic E-state index is 12.9. The minimum Gasteiger partial charge on any atom is -0.480 e. The first-order chi connectivity index (χ1) is 12.8. The zero-order valence-corrected chi connectivity index (χ0v) is 15.1. The van der Waals surface area contributed by atoms with Crippen LogP contribution in [0.25, 0.3) is 11.5 Å². The predicted octanol–water partition coefficient (Wildman–Crippen LogP) is 3.22. The van der Waals surface area contributed by atoms with Crippen molar-refractivity contribution in [2.75, 3.05) is 20.2 Å². The molecule has 134 valence electrons. The smallest absolute Gasteiger partial charge is 0.259 e. The first-order valence-corrected chi connectivity index (χ1v) is 9.35. The summed E-state index contributed by atoms with van der Waals surface area (Å²) in [4.78, 5) is 18.8. The van der Waals surface area contributed by atoms with Crippen LogP contribution >= 0.6 is 11.3 Å². The second-order valence-electron chi connectivity index (χ2n) is 6.11. The minimum absolute atomic E-state index is 0.0373. The molecule has 0 saturated carbocycles. The quantitative estimate of drug-likeness (QED) is 0.701. The van der Waals surface area contributed by atoms with Crippen molar-refractivity contribution in [3.63, 3.8) is 0 Å². The van der Waals surface area contributed by atoms with Crippen LogP contribution < -0.4 is 4.74 Å². The molecule has 7 nitrogen and oxygen atoms in total. The Morgan fingerprint density at radius 1 is 1.38 bits per heavy atom. The molecule has 0 aromatic carbocycles. The average Bonchev–Trinajstić information content (AvgIpc) is 3.39. The molecule has 1 atom stereocenters. The number of carbonyl (C=O) groups is 1. The number of hydrogen-bond donors (Lipinski definition) is 0. The number of amides is 1. The molecule has 0 spiro atoms. The van der Waals surface area contributed by atoms with E-state index in [0.717, 1.165) is 18.4 Å². The van der Waals surface area contributed by atoms with E-state index in [2.05, 4.69) is 15.2 Å². The van der Waals surface area contributed by atoms with E-state index in [-0.39, 0.29) is 11.8 Å². The summed E-state index contributed by atoms with van der Waals surface area (Å²) in [6.45, 7) is 1.24. The van der Waals surface area contributed by atoms with Crippen LogP contribution in [0.3, 0.4) is 0 Å². The van der Waals surface area contributed by atoms with Gasteiger partial charge in [-0.05, 0) is 36.4 Å². The molecule has 1 saturated heterocycles. The lowest BCUT2D eigenvalue weighted by Crippen LogP contribution is -2.39. The summed E-state index contributed by atoms with van der Waals surface area (Å²) in [6, 6.07) is 5.43. The largest absolute Gasteiger partial charge is 0.480 e. The first kappa shape index (κ1) is 16.7. The highest BCUT2D eigenvalue weighted by molar-refractivity contribution is 7.08. The average molecular weight is 370 g/mol. The Morgan fingerprint density at radius 2 is 2.31 bits per heavy atom.